The van der Waals surface area contributed by atoms with Crippen LogP contribution in [0.4, 0.5) is 15.9 Å². The number of hydrogen-bond donors (Lipinski definition) is 2. The number of nitrogens with one attached hydrogen (secondary N) is 2. The number of halogens is 1. The highest BCUT2D eigenvalue weighted by Crippen LogP contribution is 2.23. The van der Waals surface area contributed by atoms with Gasteiger partial charge in [-0.3, -0.25) is 9.78 Å². The number of carbonyl (C=O) groups excluding carboxylic acids is 1. The van der Waals surface area contributed by atoms with E-state index in [0.717, 1.165) is 22.2 Å². The van der Waals surface area contributed by atoms with Gasteiger partial charge in [0, 0.05) is 24.2 Å². The summed E-state index contributed by atoms with van der Waals surface area (Å²) >= 11 is 0. The van der Waals surface area contributed by atoms with Crippen LogP contribution in [0.1, 0.15) is 16.1 Å². The zero-order chi connectivity index (χ0) is 20.1. The Balaban J connectivity index is 1.42. The molecule has 2 aromatic carbocycles. The maximum absolute atomic E-state index is 12.9. The smallest absolute Gasteiger partial charge is 0.270 e. The molecule has 0 atom stereocenters. The summed E-state index contributed by atoms with van der Waals surface area (Å²) in [4.78, 5) is 25.1. The number of amides is 1. The van der Waals surface area contributed by atoms with E-state index >= 15 is 0 Å². The number of aromatic nitrogens is 3. The number of rotatable bonds is 6. The van der Waals surface area contributed by atoms with Crippen molar-refractivity contribution in [3.63, 3.8) is 0 Å². The Morgan fingerprint density at radius 1 is 0.966 bits per heavy atom. The van der Waals surface area contributed by atoms with E-state index in [1.54, 1.807) is 24.4 Å². The van der Waals surface area contributed by atoms with Crippen LogP contribution in [-0.4, -0.2) is 27.4 Å². The molecule has 2 aromatic heterocycles. The molecule has 4 aromatic rings. The van der Waals surface area contributed by atoms with E-state index in [2.05, 4.69) is 25.6 Å². The zero-order valence-electron chi connectivity index (χ0n) is 15.5. The molecule has 0 unspecified atom stereocenters. The minimum atomic E-state index is -0.298. The molecule has 0 radical (unpaired) electrons. The summed E-state index contributed by atoms with van der Waals surface area (Å²) < 4.78 is 12.9. The molecule has 0 bridgehead atoms. The Hall–Kier alpha value is -3.87. The van der Waals surface area contributed by atoms with Crippen LogP contribution in [0.25, 0.3) is 10.9 Å². The van der Waals surface area contributed by atoms with Crippen molar-refractivity contribution in [1.29, 1.82) is 0 Å². The number of hydrogen-bond acceptors (Lipinski definition) is 5. The molecule has 0 saturated carbocycles. The molecule has 0 fully saturated rings. The summed E-state index contributed by atoms with van der Waals surface area (Å²) in [6.45, 7) is 0.421. The average molecular weight is 387 g/mol. The van der Waals surface area contributed by atoms with E-state index in [1.807, 2.05) is 30.3 Å². The van der Waals surface area contributed by atoms with Crippen LogP contribution in [0.3, 0.4) is 0 Å². The summed E-state index contributed by atoms with van der Waals surface area (Å²) in [5.41, 5.74) is 2.82. The van der Waals surface area contributed by atoms with Gasteiger partial charge in [0.1, 0.15) is 23.7 Å². The Labute approximate surface area is 166 Å². The van der Waals surface area contributed by atoms with Crippen LogP contribution in [-0.2, 0) is 6.42 Å². The number of nitrogens with zero attached hydrogens (tertiary/aromatic N) is 3. The summed E-state index contributed by atoms with van der Waals surface area (Å²) in [5, 5.41) is 7.02. The molecule has 0 aliphatic carbocycles. The van der Waals surface area contributed by atoms with Crippen LogP contribution in [0.15, 0.2) is 73.2 Å². The lowest BCUT2D eigenvalue weighted by molar-refractivity contribution is 0.0949. The van der Waals surface area contributed by atoms with E-state index in [4.69, 9.17) is 0 Å². The number of fused-ring (bicyclic) bond motifs is 1. The van der Waals surface area contributed by atoms with Crippen molar-refractivity contribution in [1.82, 2.24) is 20.3 Å². The lowest BCUT2D eigenvalue weighted by Gasteiger charge is -2.09. The van der Waals surface area contributed by atoms with Gasteiger partial charge in [0.2, 0.25) is 0 Å². The molecule has 2 N–H and O–H groups in total. The van der Waals surface area contributed by atoms with Crippen molar-refractivity contribution in [2.75, 3.05) is 11.9 Å². The van der Waals surface area contributed by atoms with E-state index in [-0.39, 0.29) is 17.4 Å². The quantitative estimate of drug-likeness (QED) is 0.525. The molecule has 1 amide bonds. The Kier molecular flexibility index (Phi) is 5.38. The summed E-state index contributed by atoms with van der Waals surface area (Å²) in [6.07, 6.45) is 3.67. The first-order valence-corrected chi connectivity index (χ1v) is 9.14. The Bertz CT molecular complexity index is 1140. The van der Waals surface area contributed by atoms with Gasteiger partial charge in [-0.05, 0) is 36.2 Å². The SMILES string of the molecule is O=C(NCCc1ccc(F)cc1)c1cc(Nc2cccc3cccnc23)ncn1. The highest BCUT2D eigenvalue weighted by molar-refractivity contribution is 5.94. The van der Waals surface area contributed by atoms with E-state index in [1.165, 1.54) is 18.5 Å². The summed E-state index contributed by atoms with van der Waals surface area (Å²) in [5.74, 6) is -0.0735. The van der Waals surface area contributed by atoms with Crippen LogP contribution in [0.2, 0.25) is 0 Å². The van der Waals surface area contributed by atoms with E-state index in [9.17, 15) is 9.18 Å². The van der Waals surface area contributed by atoms with Crippen LogP contribution in [0, 0.1) is 5.82 Å². The number of benzene rings is 2. The lowest BCUT2D eigenvalue weighted by Crippen LogP contribution is -2.26. The first-order valence-electron chi connectivity index (χ1n) is 9.14. The predicted octanol–water partition coefficient (Wildman–Crippen LogP) is 3.88. The highest BCUT2D eigenvalue weighted by atomic mass is 19.1. The van der Waals surface area contributed by atoms with Gasteiger partial charge in [-0.15, -0.1) is 0 Å². The van der Waals surface area contributed by atoms with Crippen LogP contribution >= 0.6 is 0 Å². The highest BCUT2D eigenvalue weighted by Gasteiger charge is 2.10. The molecule has 4 rings (SSSR count). The zero-order valence-corrected chi connectivity index (χ0v) is 15.5. The van der Waals surface area contributed by atoms with E-state index < -0.39 is 0 Å². The monoisotopic (exact) mass is 387 g/mol. The molecule has 29 heavy (non-hydrogen) atoms. The molecule has 0 spiro atoms. The van der Waals surface area contributed by atoms with Gasteiger partial charge in [0.25, 0.3) is 5.91 Å². The maximum atomic E-state index is 12.9. The fourth-order valence-electron chi connectivity index (χ4n) is 2.95. The number of pyridine rings is 1. The normalized spacial score (nSPS) is 10.7. The topological polar surface area (TPSA) is 79.8 Å². The van der Waals surface area contributed by atoms with Gasteiger partial charge in [-0.25, -0.2) is 14.4 Å². The second-order valence-electron chi connectivity index (χ2n) is 6.43. The molecule has 7 heteroatoms. The number of carbonyl (C=O) groups is 1. The second-order valence-corrected chi connectivity index (χ2v) is 6.43. The molecular formula is C22H18FN5O. The molecular weight excluding hydrogens is 369 g/mol. The van der Waals surface area contributed by atoms with E-state index in [0.29, 0.717) is 18.8 Å². The van der Waals surface area contributed by atoms with Crippen molar-refractivity contribution in [3.8, 4) is 0 Å². The largest absolute Gasteiger partial charge is 0.350 e. The first kappa shape index (κ1) is 18.5. The number of para-hydroxylation sites is 1. The van der Waals surface area contributed by atoms with Gasteiger partial charge in [-0.1, -0.05) is 30.3 Å². The summed E-state index contributed by atoms with van der Waals surface area (Å²) in [6, 6.07) is 17.5. The molecule has 0 saturated heterocycles. The fourth-order valence-corrected chi connectivity index (χ4v) is 2.95. The second kappa shape index (κ2) is 8.43. The lowest BCUT2D eigenvalue weighted by atomic mass is 10.1. The predicted molar refractivity (Wildman–Crippen MR) is 109 cm³/mol. The van der Waals surface area contributed by atoms with Crippen molar-refractivity contribution in [2.24, 2.45) is 0 Å². The average Bonchev–Trinajstić information content (AvgIpc) is 2.75. The summed E-state index contributed by atoms with van der Waals surface area (Å²) in [7, 11) is 0. The van der Waals surface area contributed by atoms with Crippen molar-refractivity contribution in [2.45, 2.75) is 6.42 Å². The van der Waals surface area contributed by atoms with Crippen molar-refractivity contribution in [3.05, 3.63) is 90.3 Å². The fraction of sp³-hybridized carbons (Fsp3) is 0.0909. The Morgan fingerprint density at radius 2 is 1.79 bits per heavy atom. The molecule has 144 valence electrons. The minimum absolute atomic E-state index is 0.259. The Morgan fingerprint density at radius 3 is 2.66 bits per heavy atom. The first-order chi connectivity index (χ1) is 14.2. The van der Waals surface area contributed by atoms with Gasteiger partial charge in [-0.2, -0.15) is 0 Å². The van der Waals surface area contributed by atoms with Crippen molar-refractivity contribution < 1.29 is 9.18 Å². The van der Waals surface area contributed by atoms with Crippen molar-refractivity contribution >= 4 is 28.3 Å². The molecule has 0 aliphatic heterocycles. The van der Waals surface area contributed by atoms with Gasteiger partial charge < -0.3 is 10.6 Å². The van der Waals surface area contributed by atoms with Gasteiger partial charge in [0.05, 0.1) is 11.2 Å². The van der Waals surface area contributed by atoms with Crippen LogP contribution in [0.5, 0.6) is 0 Å². The molecule has 2 heterocycles. The third kappa shape index (κ3) is 4.52. The third-order valence-electron chi connectivity index (χ3n) is 4.41. The van der Waals surface area contributed by atoms with Crippen LogP contribution < -0.4 is 10.6 Å². The standard InChI is InChI=1S/C22H18FN5O/c23-17-8-6-15(7-9-17)10-12-25-22(29)19-13-20(27-14-26-19)28-18-5-1-3-16-4-2-11-24-21(16)18/h1-9,11,13-14H,10,12H2,(H,25,29)(H,26,27,28). The molecule has 0 aliphatic rings. The van der Waals surface area contributed by atoms with Gasteiger partial charge in [0.15, 0.2) is 0 Å². The maximum Gasteiger partial charge on any atom is 0.270 e. The third-order valence-corrected chi connectivity index (χ3v) is 4.41. The minimum Gasteiger partial charge on any atom is -0.350 e. The molecule has 6 nitrogen and oxygen atoms in total. The number of anilines is 2. The van der Waals surface area contributed by atoms with Gasteiger partial charge >= 0.3 is 0 Å².